The number of carbonyl (C=O) groups is 1. The normalized spacial score (nSPS) is 11.1. The number of methoxy groups -OCH3 is 1. The number of hydrogen-bond acceptors (Lipinski definition) is 4. The number of carbonyl (C=O) groups excluding carboxylic acids is 1. The van der Waals surface area contributed by atoms with Crippen molar-refractivity contribution >= 4 is 33.2 Å². The highest BCUT2D eigenvalue weighted by atomic mass is 35.5. The van der Waals surface area contributed by atoms with Gasteiger partial charge in [-0.05, 0) is 60.2 Å². The van der Waals surface area contributed by atoms with Crippen LogP contribution in [0.3, 0.4) is 0 Å². The average molecular weight is 463 g/mol. The van der Waals surface area contributed by atoms with Crippen LogP contribution in [-0.4, -0.2) is 33.4 Å². The maximum atomic E-state index is 13.1. The minimum absolute atomic E-state index is 0.0506. The molecule has 9 heteroatoms. The lowest BCUT2D eigenvalue weighted by Gasteiger charge is -2.18. The molecule has 0 atom stereocenters. The molecular formula is C22H20ClFN2O4S. The second-order valence-corrected chi connectivity index (χ2v) is 8.85. The third-order valence-electron chi connectivity index (χ3n) is 4.51. The summed E-state index contributed by atoms with van der Waals surface area (Å²) in [5, 5.41) is 0.125. The van der Waals surface area contributed by atoms with E-state index in [2.05, 4.69) is 4.72 Å². The molecule has 3 rings (SSSR count). The Morgan fingerprint density at radius 3 is 2.32 bits per heavy atom. The number of halogens is 2. The Hall–Kier alpha value is -3.10. The van der Waals surface area contributed by atoms with Gasteiger partial charge in [-0.25, -0.2) is 12.8 Å². The minimum atomic E-state index is -4.01. The van der Waals surface area contributed by atoms with Gasteiger partial charge in [0.15, 0.2) is 0 Å². The van der Waals surface area contributed by atoms with Crippen LogP contribution in [-0.2, 0) is 16.6 Å². The molecule has 0 saturated heterocycles. The summed E-state index contributed by atoms with van der Waals surface area (Å²) in [4.78, 5) is 14.2. The number of sulfonamides is 1. The molecule has 1 N–H and O–H groups in total. The lowest BCUT2D eigenvalue weighted by Crippen LogP contribution is -2.26. The highest BCUT2D eigenvalue weighted by Gasteiger charge is 2.19. The molecule has 0 spiro atoms. The Labute approximate surface area is 185 Å². The van der Waals surface area contributed by atoms with Crippen molar-refractivity contribution in [2.75, 3.05) is 18.9 Å². The van der Waals surface area contributed by atoms with Crippen LogP contribution >= 0.6 is 11.6 Å². The van der Waals surface area contributed by atoms with E-state index in [1.165, 1.54) is 23.1 Å². The van der Waals surface area contributed by atoms with Crippen molar-refractivity contribution in [1.29, 1.82) is 0 Å². The van der Waals surface area contributed by atoms with Gasteiger partial charge in [0.1, 0.15) is 11.6 Å². The average Bonchev–Trinajstić information content (AvgIpc) is 2.75. The van der Waals surface area contributed by atoms with Crippen LogP contribution in [0.25, 0.3) is 0 Å². The maximum Gasteiger partial charge on any atom is 0.261 e. The van der Waals surface area contributed by atoms with Crippen LogP contribution in [0, 0.1) is 5.82 Å². The lowest BCUT2D eigenvalue weighted by molar-refractivity contribution is 0.0785. The quantitative estimate of drug-likeness (QED) is 0.558. The van der Waals surface area contributed by atoms with Gasteiger partial charge < -0.3 is 9.64 Å². The summed E-state index contributed by atoms with van der Waals surface area (Å²) < 4.78 is 45.7. The summed E-state index contributed by atoms with van der Waals surface area (Å²) in [6.07, 6.45) is 0. The number of hydrogen-bond donors (Lipinski definition) is 1. The monoisotopic (exact) mass is 462 g/mol. The van der Waals surface area contributed by atoms with Gasteiger partial charge in [-0.1, -0.05) is 23.7 Å². The summed E-state index contributed by atoms with van der Waals surface area (Å²) in [6.45, 7) is 0.349. The molecular weight excluding hydrogens is 443 g/mol. The zero-order chi connectivity index (χ0) is 22.6. The smallest absolute Gasteiger partial charge is 0.261 e. The van der Waals surface area contributed by atoms with Gasteiger partial charge >= 0.3 is 0 Å². The van der Waals surface area contributed by atoms with Gasteiger partial charge in [-0.2, -0.15) is 0 Å². The summed E-state index contributed by atoms with van der Waals surface area (Å²) >= 11 is 6.13. The van der Waals surface area contributed by atoms with Crippen molar-refractivity contribution < 1.29 is 22.3 Å². The number of amides is 1. The first kappa shape index (κ1) is 22.6. The van der Waals surface area contributed by atoms with Crippen LogP contribution < -0.4 is 9.46 Å². The Morgan fingerprint density at radius 2 is 1.71 bits per heavy atom. The van der Waals surface area contributed by atoms with Gasteiger partial charge in [0, 0.05) is 19.2 Å². The Bertz CT molecular complexity index is 1180. The summed E-state index contributed by atoms with van der Waals surface area (Å²) in [6, 6.07) is 16.0. The largest absolute Gasteiger partial charge is 0.497 e. The number of ether oxygens (including phenoxy) is 1. The van der Waals surface area contributed by atoms with E-state index in [0.29, 0.717) is 12.3 Å². The Kier molecular flexibility index (Phi) is 6.82. The molecule has 0 unspecified atom stereocenters. The van der Waals surface area contributed by atoms with Crippen molar-refractivity contribution in [3.05, 3.63) is 88.7 Å². The van der Waals surface area contributed by atoms with Gasteiger partial charge in [0.05, 0.1) is 22.7 Å². The fourth-order valence-electron chi connectivity index (χ4n) is 2.85. The molecule has 162 valence electrons. The lowest BCUT2D eigenvalue weighted by atomic mass is 10.1. The van der Waals surface area contributed by atoms with Gasteiger partial charge in [-0.3, -0.25) is 9.52 Å². The van der Waals surface area contributed by atoms with E-state index in [4.69, 9.17) is 16.3 Å². The van der Waals surface area contributed by atoms with Crippen molar-refractivity contribution in [2.24, 2.45) is 0 Å². The second kappa shape index (κ2) is 9.36. The number of nitrogens with zero attached hydrogens (tertiary/aromatic N) is 1. The Balaban J connectivity index is 1.79. The molecule has 3 aromatic carbocycles. The molecule has 0 aliphatic rings. The second-order valence-electron chi connectivity index (χ2n) is 6.76. The van der Waals surface area contributed by atoms with Crippen molar-refractivity contribution in [3.8, 4) is 5.75 Å². The topological polar surface area (TPSA) is 75.7 Å². The summed E-state index contributed by atoms with van der Waals surface area (Å²) in [7, 11) is -0.789. The molecule has 31 heavy (non-hydrogen) atoms. The number of nitrogens with one attached hydrogen (secondary N) is 1. The molecule has 3 aromatic rings. The molecule has 1 amide bonds. The summed E-state index contributed by atoms with van der Waals surface area (Å²) in [5.41, 5.74) is 1.22. The first-order valence-corrected chi connectivity index (χ1v) is 11.0. The third-order valence-corrected chi connectivity index (χ3v) is 6.22. The first-order chi connectivity index (χ1) is 14.7. The van der Waals surface area contributed by atoms with Gasteiger partial charge in [-0.15, -0.1) is 0 Å². The highest BCUT2D eigenvalue weighted by molar-refractivity contribution is 7.92. The van der Waals surface area contributed by atoms with E-state index in [1.54, 1.807) is 26.3 Å². The van der Waals surface area contributed by atoms with E-state index >= 15 is 0 Å². The van der Waals surface area contributed by atoms with E-state index in [0.717, 1.165) is 29.8 Å². The molecule has 0 fully saturated rings. The number of benzene rings is 3. The standard InChI is InChI=1S/C22H20ClFN2O4S/c1-26(14-15-3-8-18(30-2)9-4-15)22(27)16-5-12-20(23)21(13-16)25-31(28,29)19-10-6-17(24)7-11-19/h3-13,25H,14H2,1-2H3. The number of anilines is 1. The molecule has 6 nitrogen and oxygen atoms in total. The zero-order valence-corrected chi connectivity index (χ0v) is 18.4. The van der Waals surface area contributed by atoms with Crippen molar-refractivity contribution in [3.63, 3.8) is 0 Å². The van der Waals surface area contributed by atoms with E-state index in [9.17, 15) is 17.6 Å². The number of rotatable bonds is 7. The van der Waals surface area contributed by atoms with Crippen LogP contribution in [0.1, 0.15) is 15.9 Å². The van der Waals surface area contributed by atoms with Crippen molar-refractivity contribution in [2.45, 2.75) is 11.4 Å². The Morgan fingerprint density at radius 1 is 1.06 bits per heavy atom. The molecule has 0 radical (unpaired) electrons. The van der Waals surface area contributed by atoms with E-state index < -0.39 is 15.8 Å². The highest BCUT2D eigenvalue weighted by Crippen LogP contribution is 2.27. The van der Waals surface area contributed by atoms with E-state index in [1.807, 2.05) is 12.1 Å². The molecule has 0 aliphatic carbocycles. The summed E-state index contributed by atoms with van der Waals surface area (Å²) in [5.74, 6) is -0.146. The first-order valence-electron chi connectivity index (χ1n) is 9.16. The maximum absolute atomic E-state index is 13.1. The molecule has 0 aromatic heterocycles. The fraction of sp³-hybridized carbons (Fsp3) is 0.136. The zero-order valence-electron chi connectivity index (χ0n) is 16.8. The fourth-order valence-corrected chi connectivity index (χ4v) is 4.14. The van der Waals surface area contributed by atoms with E-state index in [-0.39, 0.29) is 27.1 Å². The predicted octanol–water partition coefficient (Wildman–Crippen LogP) is 4.56. The van der Waals surface area contributed by atoms with Gasteiger partial charge in [0.2, 0.25) is 0 Å². The van der Waals surface area contributed by atoms with Gasteiger partial charge in [0.25, 0.3) is 15.9 Å². The van der Waals surface area contributed by atoms with Crippen LogP contribution in [0.15, 0.2) is 71.6 Å². The third kappa shape index (κ3) is 5.53. The SMILES string of the molecule is COc1ccc(CN(C)C(=O)c2ccc(Cl)c(NS(=O)(=O)c3ccc(F)cc3)c2)cc1. The molecule has 0 heterocycles. The van der Waals surface area contributed by atoms with Crippen molar-refractivity contribution in [1.82, 2.24) is 4.90 Å². The van der Waals surface area contributed by atoms with Crippen LogP contribution in [0.5, 0.6) is 5.75 Å². The predicted molar refractivity (Wildman–Crippen MR) is 117 cm³/mol. The molecule has 0 bridgehead atoms. The molecule has 0 aliphatic heterocycles. The van der Waals surface area contributed by atoms with Crippen LogP contribution in [0.4, 0.5) is 10.1 Å². The molecule has 0 saturated carbocycles. The minimum Gasteiger partial charge on any atom is -0.497 e. The van der Waals surface area contributed by atoms with Crippen LogP contribution in [0.2, 0.25) is 5.02 Å².